The molecular weight excluding hydrogens is 472 g/mol. The third-order valence-corrected chi connectivity index (χ3v) is 7.08. The lowest BCUT2D eigenvalue weighted by Crippen LogP contribution is -2.41. The highest BCUT2D eigenvalue weighted by Gasteiger charge is 2.24. The van der Waals surface area contributed by atoms with E-state index in [1.54, 1.807) is 17.0 Å². The molecule has 0 saturated carbocycles. The number of amides is 1. The van der Waals surface area contributed by atoms with Crippen LogP contribution < -0.4 is 0 Å². The van der Waals surface area contributed by atoms with Gasteiger partial charge < -0.3 is 9.64 Å². The van der Waals surface area contributed by atoms with Gasteiger partial charge in [-0.3, -0.25) is 4.79 Å². The molecule has 36 heavy (non-hydrogen) atoms. The van der Waals surface area contributed by atoms with E-state index in [4.69, 9.17) is 16.3 Å². The van der Waals surface area contributed by atoms with Crippen molar-refractivity contribution in [1.82, 2.24) is 9.88 Å². The Hall–Kier alpha value is -3.70. The van der Waals surface area contributed by atoms with E-state index in [2.05, 4.69) is 29.2 Å². The van der Waals surface area contributed by atoms with E-state index in [0.29, 0.717) is 46.2 Å². The van der Waals surface area contributed by atoms with E-state index in [1.165, 1.54) is 5.56 Å². The Morgan fingerprint density at radius 2 is 1.61 bits per heavy atom. The van der Waals surface area contributed by atoms with E-state index in [-0.39, 0.29) is 12.5 Å². The summed E-state index contributed by atoms with van der Waals surface area (Å²) in [6.45, 7) is 1.09. The average Bonchev–Trinajstić information content (AvgIpc) is 2.92. The summed E-state index contributed by atoms with van der Waals surface area (Å²) in [6, 6.07) is 26.9. The molecule has 0 bridgehead atoms. The van der Waals surface area contributed by atoms with Gasteiger partial charge >= 0.3 is 5.97 Å². The first kappa shape index (κ1) is 24.0. The fraction of sp³-hybridized carbons (Fsp3) is 0.233. The molecule has 1 aliphatic rings. The molecule has 0 spiro atoms. The molecule has 5 rings (SSSR count). The molecule has 1 aromatic heterocycles. The molecule has 5 nitrogen and oxygen atoms in total. The number of hydrogen-bond acceptors (Lipinski definition) is 4. The maximum atomic E-state index is 13.1. The Balaban J connectivity index is 1.24. The van der Waals surface area contributed by atoms with Crippen molar-refractivity contribution < 1.29 is 14.3 Å². The summed E-state index contributed by atoms with van der Waals surface area (Å²) in [6.07, 6.45) is 2.93. The van der Waals surface area contributed by atoms with Gasteiger partial charge in [-0.1, -0.05) is 78.3 Å². The zero-order chi connectivity index (χ0) is 24.9. The van der Waals surface area contributed by atoms with Crippen molar-refractivity contribution in [3.63, 3.8) is 0 Å². The molecule has 0 aliphatic carbocycles. The van der Waals surface area contributed by atoms with Gasteiger partial charge in [0.2, 0.25) is 0 Å². The zero-order valence-electron chi connectivity index (χ0n) is 19.9. The van der Waals surface area contributed by atoms with Gasteiger partial charge in [-0.15, -0.1) is 0 Å². The largest absolute Gasteiger partial charge is 0.452 e. The summed E-state index contributed by atoms with van der Waals surface area (Å²) in [5.41, 5.74) is 3.67. The molecule has 1 amide bonds. The van der Waals surface area contributed by atoms with Crippen molar-refractivity contribution >= 4 is 34.4 Å². The summed E-state index contributed by atoms with van der Waals surface area (Å²) < 4.78 is 5.50. The number of rotatable bonds is 6. The number of ether oxygens (including phenoxy) is 1. The van der Waals surface area contributed by atoms with Gasteiger partial charge in [-0.2, -0.15) is 0 Å². The van der Waals surface area contributed by atoms with Crippen LogP contribution in [0.3, 0.4) is 0 Å². The van der Waals surface area contributed by atoms with Crippen LogP contribution in [0, 0.1) is 5.92 Å². The molecule has 1 fully saturated rings. The normalized spacial score (nSPS) is 14.1. The number of carbonyl (C=O) groups is 2. The van der Waals surface area contributed by atoms with E-state index < -0.39 is 5.97 Å². The van der Waals surface area contributed by atoms with Crippen LogP contribution in [0.5, 0.6) is 0 Å². The van der Waals surface area contributed by atoms with Gasteiger partial charge in [0.15, 0.2) is 6.61 Å². The van der Waals surface area contributed by atoms with Gasteiger partial charge in [0, 0.05) is 29.1 Å². The molecule has 0 atom stereocenters. The quantitative estimate of drug-likeness (QED) is 0.297. The van der Waals surface area contributed by atoms with Crippen LogP contribution in [-0.4, -0.2) is 41.5 Å². The maximum Gasteiger partial charge on any atom is 0.339 e. The summed E-state index contributed by atoms with van der Waals surface area (Å²) in [5.74, 6) is -0.147. The van der Waals surface area contributed by atoms with Crippen molar-refractivity contribution in [3.8, 4) is 11.3 Å². The predicted octanol–water partition coefficient (Wildman–Crippen LogP) is 6.19. The third kappa shape index (κ3) is 5.42. The van der Waals surface area contributed by atoms with Crippen molar-refractivity contribution in [3.05, 3.63) is 101 Å². The molecule has 4 aromatic rings. The number of aromatic nitrogens is 1. The summed E-state index contributed by atoms with van der Waals surface area (Å²) in [5, 5.41) is 1.22. The number of carbonyl (C=O) groups excluding carboxylic acids is 2. The SMILES string of the molecule is O=C(OCC(=O)N1CCC(Cc2ccccc2)CC1)c1cc(-c2ccccc2Cl)nc2ccccc12. The first-order valence-electron chi connectivity index (χ1n) is 12.2. The van der Waals surface area contributed by atoms with Crippen molar-refractivity contribution in [1.29, 1.82) is 0 Å². The molecule has 0 N–H and O–H groups in total. The molecule has 182 valence electrons. The number of nitrogens with zero attached hydrogens (tertiary/aromatic N) is 2. The lowest BCUT2D eigenvalue weighted by Gasteiger charge is -2.32. The number of esters is 1. The number of piperidine rings is 1. The van der Waals surface area contributed by atoms with E-state index in [1.807, 2.05) is 48.5 Å². The maximum absolute atomic E-state index is 13.1. The fourth-order valence-corrected chi connectivity index (χ4v) is 5.01. The number of pyridine rings is 1. The van der Waals surface area contributed by atoms with Crippen LogP contribution in [0.2, 0.25) is 5.02 Å². The van der Waals surface area contributed by atoms with Crippen LogP contribution in [0.4, 0.5) is 0 Å². The minimum Gasteiger partial charge on any atom is -0.452 e. The second-order valence-corrected chi connectivity index (χ2v) is 9.55. The number of fused-ring (bicyclic) bond motifs is 1. The number of hydrogen-bond donors (Lipinski definition) is 0. The topological polar surface area (TPSA) is 59.5 Å². The molecule has 3 aromatic carbocycles. The smallest absolute Gasteiger partial charge is 0.339 e. The molecule has 0 unspecified atom stereocenters. The number of halogens is 1. The molecule has 0 radical (unpaired) electrons. The third-order valence-electron chi connectivity index (χ3n) is 6.75. The van der Waals surface area contributed by atoms with Gasteiger partial charge in [-0.25, -0.2) is 9.78 Å². The second-order valence-electron chi connectivity index (χ2n) is 9.14. The van der Waals surface area contributed by atoms with Crippen molar-refractivity contribution in [2.45, 2.75) is 19.3 Å². The second kappa shape index (κ2) is 10.9. The Morgan fingerprint density at radius 3 is 2.39 bits per heavy atom. The van der Waals surface area contributed by atoms with Crippen LogP contribution in [0.25, 0.3) is 22.2 Å². The summed E-state index contributed by atoms with van der Waals surface area (Å²) in [4.78, 5) is 32.4. The monoisotopic (exact) mass is 498 g/mol. The van der Waals surface area contributed by atoms with Gasteiger partial charge in [-0.05, 0) is 48.9 Å². The van der Waals surface area contributed by atoms with Crippen LogP contribution in [-0.2, 0) is 16.0 Å². The first-order valence-corrected chi connectivity index (χ1v) is 12.6. The minimum atomic E-state index is -0.547. The number of benzene rings is 3. The molecule has 1 saturated heterocycles. The van der Waals surface area contributed by atoms with Crippen LogP contribution >= 0.6 is 11.6 Å². The minimum absolute atomic E-state index is 0.161. The average molecular weight is 499 g/mol. The highest BCUT2D eigenvalue weighted by atomic mass is 35.5. The number of likely N-dealkylation sites (tertiary alicyclic amines) is 1. The Labute approximate surface area is 215 Å². The van der Waals surface area contributed by atoms with Gasteiger partial charge in [0.25, 0.3) is 5.91 Å². The van der Waals surface area contributed by atoms with E-state index in [0.717, 1.165) is 24.8 Å². The Bertz CT molecular complexity index is 1380. The molecule has 2 heterocycles. The highest BCUT2D eigenvalue weighted by Crippen LogP contribution is 2.30. The summed E-state index contributed by atoms with van der Waals surface area (Å²) in [7, 11) is 0. The lowest BCUT2D eigenvalue weighted by atomic mass is 9.90. The Kier molecular flexibility index (Phi) is 7.28. The molecule has 6 heteroatoms. The lowest BCUT2D eigenvalue weighted by molar-refractivity contribution is -0.135. The van der Waals surface area contributed by atoms with Gasteiger partial charge in [0.1, 0.15) is 0 Å². The van der Waals surface area contributed by atoms with E-state index >= 15 is 0 Å². The van der Waals surface area contributed by atoms with Crippen molar-refractivity contribution in [2.24, 2.45) is 5.92 Å². The van der Waals surface area contributed by atoms with Crippen LogP contribution in [0.1, 0.15) is 28.8 Å². The Morgan fingerprint density at radius 1 is 0.917 bits per heavy atom. The fourth-order valence-electron chi connectivity index (χ4n) is 4.78. The molecular formula is C30H27ClN2O3. The highest BCUT2D eigenvalue weighted by molar-refractivity contribution is 6.33. The van der Waals surface area contributed by atoms with Crippen LogP contribution in [0.15, 0.2) is 84.9 Å². The molecule has 1 aliphatic heterocycles. The predicted molar refractivity (Wildman–Crippen MR) is 142 cm³/mol. The summed E-state index contributed by atoms with van der Waals surface area (Å²) >= 11 is 6.38. The standard InChI is InChI=1S/C30H27ClN2O3/c31-26-12-6-4-11-24(26)28-19-25(23-10-5-7-13-27(23)32-28)30(35)36-20-29(34)33-16-14-22(15-17-33)18-21-8-2-1-3-9-21/h1-13,19,22H,14-18,20H2. The number of para-hydroxylation sites is 1. The first-order chi connectivity index (χ1) is 17.6. The van der Waals surface area contributed by atoms with E-state index in [9.17, 15) is 9.59 Å². The van der Waals surface area contributed by atoms with Gasteiger partial charge in [0.05, 0.1) is 16.8 Å². The zero-order valence-corrected chi connectivity index (χ0v) is 20.7. The van der Waals surface area contributed by atoms with Crippen molar-refractivity contribution in [2.75, 3.05) is 19.7 Å².